The van der Waals surface area contributed by atoms with Crippen molar-refractivity contribution in [3.63, 3.8) is 0 Å². The first-order valence-corrected chi connectivity index (χ1v) is 8.11. The number of nitrogens with two attached hydrogens (primary N) is 1. The van der Waals surface area contributed by atoms with Crippen molar-refractivity contribution in [3.05, 3.63) is 18.2 Å². The first-order chi connectivity index (χ1) is 10.1. The second-order valence-corrected chi connectivity index (χ2v) is 6.38. The number of rotatable bonds is 6. The zero-order chi connectivity index (χ0) is 15.2. The van der Waals surface area contributed by atoms with E-state index >= 15 is 0 Å². The molecule has 5 nitrogen and oxygen atoms in total. The highest BCUT2D eigenvalue weighted by Gasteiger charge is 2.24. The number of thioether (sulfide) groups is 1. The van der Waals surface area contributed by atoms with E-state index in [1.807, 2.05) is 0 Å². The van der Waals surface area contributed by atoms with Crippen LogP contribution in [-0.4, -0.2) is 36.7 Å². The van der Waals surface area contributed by atoms with Gasteiger partial charge < -0.3 is 20.5 Å². The van der Waals surface area contributed by atoms with E-state index in [-0.39, 0.29) is 12.0 Å². The minimum absolute atomic E-state index is 0.0165. The van der Waals surface area contributed by atoms with E-state index in [2.05, 4.69) is 12.2 Å². The molecule has 1 aliphatic rings. The monoisotopic (exact) mass is 310 g/mol. The number of benzene rings is 1. The Bertz CT molecular complexity index is 496. The molecular weight excluding hydrogens is 288 g/mol. The topological polar surface area (TPSA) is 73.6 Å². The predicted molar refractivity (Wildman–Crippen MR) is 86.9 cm³/mol. The van der Waals surface area contributed by atoms with E-state index < -0.39 is 0 Å². The maximum absolute atomic E-state index is 12.0. The van der Waals surface area contributed by atoms with Crippen molar-refractivity contribution >= 4 is 29.0 Å². The Morgan fingerprint density at radius 1 is 1.57 bits per heavy atom. The Labute approximate surface area is 129 Å². The van der Waals surface area contributed by atoms with Gasteiger partial charge in [0.25, 0.3) is 0 Å². The lowest BCUT2D eigenvalue weighted by atomic mass is 10.2. The number of hydrogen-bond acceptors (Lipinski definition) is 5. The van der Waals surface area contributed by atoms with Gasteiger partial charge in [0, 0.05) is 35.8 Å². The van der Waals surface area contributed by atoms with Crippen molar-refractivity contribution in [1.29, 1.82) is 0 Å². The lowest BCUT2D eigenvalue weighted by Gasteiger charge is -2.14. The van der Waals surface area contributed by atoms with Gasteiger partial charge in [0.15, 0.2) is 0 Å². The average molecular weight is 310 g/mol. The van der Waals surface area contributed by atoms with Gasteiger partial charge in [0.1, 0.15) is 5.75 Å². The van der Waals surface area contributed by atoms with Gasteiger partial charge in [-0.15, -0.1) is 0 Å². The molecule has 0 aromatic heterocycles. The summed E-state index contributed by atoms with van der Waals surface area (Å²) in [5.74, 6) is 1.35. The average Bonchev–Trinajstić information content (AvgIpc) is 2.86. The number of nitrogen functional groups attached to an aromatic ring is 1. The molecule has 1 aromatic carbocycles. The zero-order valence-corrected chi connectivity index (χ0v) is 13.2. The number of hydrogen-bond donors (Lipinski definition) is 2. The minimum atomic E-state index is -0.0165. The Balaban J connectivity index is 1.79. The summed E-state index contributed by atoms with van der Waals surface area (Å²) in [5, 5.41) is 3.36. The van der Waals surface area contributed by atoms with Crippen LogP contribution in [-0.2, 0) is 9.53 Å². The third-order valence-electron chi connectivity index (χ3n) is 3.47. The van der Waals surface area contributed by atoms with Crippen LogP contribution in [0, 0.1) is 0 Å². The molecule has 1 heterocycles. The number of nitrogens with one attached hydrogen (secondary N) is 1. The molecule has 2 unspecified atom stereocenters. The first-order valence-electron chi connectivity index (χ1n) is 7.06. The number of anilines is 2. The highest BCUT2D eigenvalue weighted by atomic mass is 32.2. The normalized spacial score (nSPS) is 21.2. The maximum atomic E-state index is 12.0. The van der Waals surface area contributed by atoms with Gasteiger partial charge in [-0.1, -0.05) is 0 Å². The van der Waals surface area contributed by atoms with E-state index in [1.54, 1.807) is 37.1 Å². The van der Waals surface area contributed by atoms with Crippen LogP contribution >= 0.6 is 11.8 Å². The van der Waals surface area contributed by atoms with E-state index in [1.165, 1.54) is 0 Å². The van der Waals surface area contributed by atoms with Crippen LogP contribution in [0.25, 0.3) is 0 Å². The van der Waals surface area contributed by atoms with Crippen LogP contribution in [0.3, 0.4) is 0 Å². The maximum Gasteiger partial charge on any atom is 0.225 e. The van der Waals surface area contributed by atoms with Crippen molar-refractivity contribution in [1.82, 2.24) is 0 Å². The number of amides is 1. The van der Waals surface area contributed by atoms with Gasteiger partial charge in [-0.05, 0) is 25.5 Å². The molecule has 2 rings (SSSR count). The van der Waals surface area contributed by atoms with Gasteiger partial charge in [0.05, 0.1) is 18.9 Å². The Kier molecular flexibility index (Phi) is 5.76. The summed E-state index contributed by atoms with van der Waals surface area (Å²) in [6, 6.07) is 5.19. The minimum Gasteiger partial charge on any atom is -0.494 e. The summed E-state index contributed by atoms with van der Waals surface area (Å²) >= 11 is 1.81. The molecule has 1 amide bonds. The van der Waals surface area contributed by atoms with Gasteiger partial charge in [-0.3, -0.25) is 4.79 Å². The Morgan fingerprint density at radius 3 is 3.05 bits per heavy atom. The summed E-state index contributed by atoms with van der Waals surface area (Å²) in [6.45, 7) is 2.91. The van der Waals surface area contributed by atoms with E-state index in [4.69, 9.17) is 15.2 Å². The molecule has 116 valence electrons. The second kappa shape index (κ2) is 7.56. The van der Waals surface area contributed by atoms with Crippen LogP contribution in [0.5, 0.6) is 5.75 Å². The van der Waals surface area contributed by atoms with Gasteiger partial charge in [0.2, 0.25) is 5.91 Å². The molecule has 21 heavy (non-hydrogen) atoms. The molecule has 0 aliphatic carbocycles. The molecule has 0 bridgehead atoms. The van der Waals surface area contributed by atoms with Crippen molar-refractivity contribution < 1.29 is 14.3 Å². The summed E-state index contributed by atoms with van der Waals surface area (Å²) in [6.07, 6.45) is 1.83. The molecule has 2 atom stereocenters. The molecule has 1 saturated heterocycles. The molecule has 1 fully saturated rings. The summed E-state index contributed by atoms with van der Waals surface area (Å²) in [4.78, 5) is 12.0. The number of ether oxygens (including phenoxy) is 2. The third kappa shape index (κ3) is 4.54. The lowest BCUT2D eigenvalue weighted by molar-refractivity contribution is -0.115. The highest BCUT2D eigenvalue weighted by molar-refractivity contribution is 7.99. The predicted octanol–water partition coefficient (Wildman–Crippen LogP) is 2.52. The van der Waals surface area contributed by atoms with Crippen LogP contribution in [0.1, 0.15) is 19.8 Å². The Hall–Kier alpha value is -1.40. The van der Waals surface area contributed by atoms with Crippen molar-refractivity contribution in [2.45, 2.75) is 31.1 Å². The van der Waals surface area contributed by atoms with Crippen molar-refractivity contribution in [3.8, 4) is 5.75 Å². The molecule has 1 aliphatic heterocycles. The number of carbonyl (C=O) groups excluding carboxylic acids is 1. The Morgan fingerprint density at radius 2 is 2.38 bits per heavy atom. The van der Waals surface area contributed by atoms with E-state index in [0.717, 1.165) is 18.8 Å². The van der Waals surface area contributed by atoms with Gasteiger partial charge in [-0.25, -0.2) is 0 Å². The summed E-state index contributed by atoms with van der Waals surface area (Å²) in [5.41, 5.74) is 6.95. The van der Waals surface area contributed by atoms with Gasteiger partial charge in [-0.2, -0.15) is 11.8 Å². The fourth-order valence-corrected chi connectivity index (χ4v) is 3.48. The molecule has 6 heteroatoms. The van der Waals surface area contributed by atoms with Crippen molar-refractivity contribution in [2.24, 2.45) is 0 Å². The highest BCUT2D eigenvalue weighted by Crippen LogP contribution is 2.28. The molecular formula is C15H22N2O3S. The molecule has 0 saturated carbocycles. The summed E-state index contributed by atoms with van der Waals surface area (Å²) in [7, 11) is 1.56. The summed E-state index contributed by atoms with van der Waals surface area (Å²) < 4.78 is 10.7. The number of methoxy groups -OCH3 is 1. The van der Waals surface area contributed by atoms with Gasteiger partial charge >= 0.3 is 0 Å². The smallest absolute Gasteiger partial charge is 0.225 e. The zero-order valence-electron chi connectivity index (χ0n) is 12.4. The van der Waals surface area contributed by atoms with Crippen LogP contribution in [0.2, 0.25) is 0 Å². The van der Waals surface area contributed by atoms with E-state index in [0.29, 0.717) is 28.8 Å². The fraction of sp³-hybridized carbons (Fsp3) is 0.533. The fourth-order valence-electron chi connectivity index (χ4n) is 2.26. The quantitative estimate of drug-likeness (QED) is 0.790. The van der Waals surface area contributed by atoms with Crippen LogP contribution in [0.4, 0.5) is 11.4 Å². The lowest BCUT2D eigenvalue weighted by Crippen LogP contribution is -2.17. The standard InChI is InChI=1S/C15H22N2O3S/c1-10-14(5-7-20-10)21-8-6-15(18)17-12-4-3-11(16)9-13(12)19-2/h3-4,9-10,14H,5-8,16H2,1-2H3,(H,17,18). The second-order valence-electron chi connectivity index (χ2n) is 5.03. The largest absolute Gasteiger partial charge is 0.494 e. The first kappa shape index (κ1) is 16.0. The molecule has 1 aromatic rings. The third-order valence-corrected chi connectivity index (χ3v) is 4.95. The van der Waals surface area contributed by atoms with Crippen molar-refractivity contribution in [2.75, 3.05) is 30.5 Å². The molecule has 3 N–H and O–H groups in total. The van der Waals surface area contributed by atoms with E-state index in [9.17, 15) is 4.79 Å². The molecule has 0 radical (unpaired) electrons. The van der Waals surface area contributed by atoms with Crippen LogP contribution in [0.15, 0.2) is 18.2 Å². The number of carbonyl (C=O) groups is 1. The molecule has 0 spiro atoms. The van der Waals surface area contributed by atoms with Crippen LogP contribution < -0.4 is 15.8 Å². The SMILES string of the molecule is COc1cc(N)ccc1NC(=O)CCSC1CCOC1C.